The highest BCUT2D eigenvalue weighted by molar-refractivity contribution is 7.99. The zero-order chi connectivity index (χ0) is 13.2. The lowest BCUT2D eigenvalue weighted by molar-refractivity contribution is -0.128. The first-order valence-corrected chi connectivity index (χ1v) is 7.82. The van der Waals surface area contributed by atoms with Crippen LogP contribution in [0.5, 0.6) is 0 Å². The minimum Gasteiger partial charge on any atom is -0.342 e. The first-order chi connectivity index (χ1) is 8.77. The Balaban J connectivity index is 2.30. The highest BCUT2D eigenvalue weighted by Gasteiger charge is 2.11. The van der Waals surface area contributed by atoms with Gasteiger partial charge in [0.25, 0.3) is 0 Å². The summed E-state index contributed by atoms with van der Waals surface area (Å²) < 4.78 is 0. The summed E-state index contributed by atoms with van der Waals surface area (Å²) in [5.74, 6) is 1.78. The Hall–Kier alpha value is -0.960. The van der Waals surface area contributed by atoms with Gasteiger partial charge in [-0.15, -0.1) is 11.8 Å². The van der Waals surface area contributed by atoms with E-state index in [-0.39, 0.29) is 5.91 Å². The number of carbonyl (C=O) groups is 1. The van der Waals surface area contributed by atoms with E-state index in [0.29, 0.717) is 5.75 Å². The quantitative estimate of drug-likeness (QED) is 0.716. The van der Waals surface area contributed by atoms with Gasteiger partial charge in [0, 0.05) is 18.8 Å². The van der Waals surface area contributed by atoms with Crippen molar-refractivity contribution in [1.29, 1.82) is 0 Å². The molecule has 0 saturated carbocycles. The average Bonchev–Trinajstić information content (AvgIpc) is 2.39. The Morgan fingerprint density at radius 1 is 1.11 bits per heavy atom. The molecule has 0 bridgehead atoms. The summed E-state index contributed by atoms with van der Waals surface area (Å²) in [6.07, 6.45) is 2.07. The summed E-state index contributed by atoms with van der Waals surface area (Å²) in [6.45, 7) is 6.01. The molecule has 0 heterocycles. The van der Waals surface area contributed by atoms with Crippen LogP contribution in [0.1, 0.15) is 32.3 Å². The molecule has 1 aromatic carbocycles. The Labute approximate surface area is 115 Å². The fraction of sp³-hybridized carbons (Fsp3) is 0.533. The summed E-state index contributed by atoms with van der Waals surface area (Å²) >= 11 is 1.70. The topological polar surface area (TPSA) is 20.3 Å². The standard InChI is InChI=1S/C15H23NOS/c1-3-10-16(11-4-2)15(17)13-18-12-14-8-6-5-7-9-14/h5-9H,3-4,10-13H2,1-2H3. The second kappa shape index (κ2) is 9.03. The van der Waals surface area contributed by atoms with Crippen molar-refractivity contribution < 1.29 is 4.79 Å². The molecule has 0 aliphatic heterocycles. The van der Waals surface area contributed by atoms with Gasteiger partial charge in [0.15, 0.2) is 0 Å². The summed E-state index contributed by atoms with van der Waals surface area (Å²) in [6, 6.07) is 10.3. The number of hydrogen-bond acceptors (Lipinski definition) is 2. The fourth-order valence-corrected chi connectivity index (χ4v) is 2.71. The highest BCUT2D eigenvalue weighted by Crippen LogP contribution is 2.12. The molecule has 0 atom stereocenters. The molecule has 0 aliphatic carbocycles. The molecule has 2 nitrogen and oxygen atoms in total. The van der Waals surface area contributed by atoms with Crippen molar-refractivity contribution in [2.24, 2.45) is 0 Å². The predicted octanol–water partition coefficient (Wildman–Crippen LogP) is 3.57. The minimum atomic E-state index is 0.277. The van der Waals surface area contributed by atoms with Crippen LogP contribution in [-0.4, -0.2) is 29.6 Å². The number of rotatable bonds is 8. The van der Waals surface area contributed by atoms with Gasteiger partial charge in [-0.25, -0.2) is 0 Å². The van der Waals surface area contributed by atoms with E-state index in [9.17, 15) is 4.79 Å². The highest BCUT2D eigenvalue weighted by atomic mass is 32.2. The SMILES string of the molecule is CCCN(CCC)C(=O)CSCc1ccccc1. The molecule has 1 rings (SSSR count). The molecule has 18 heavy (non-hydrogen) atoms. The van der Waals surface area contributed by atoms with Gasteiger partial charge < -0.3 is 4.90 Å². The summed E-state index contributed by atoms with van der Waals surface area (Å²) in [5.41, 5.74) is 1.29. The molecule has 3 heteroatoms. The van der Waals surface area contributed by atoms with E-state index >= 15 is 0 Å². The average molecular weight is 265 g/mol. The van der Waals surface area contributed by atoms with Gasteiger partial charge in [-0.05, 0) is 18.4 Å². The molecular formula is C15H23NOS. The van der Waals surface area contributed by atoms with Crippen LogP contribution in [0.4, 0.5) is 0 Å². The first kappa shape index (κ1) is 15.1. The normalized spacial score (nSPS) is 10.3. The maximum atomic E-state index is 12.0. The van der Waals surface area contributed by atoms with Gasteiger partial charge in [0.05, 0.1) is 5.75 Å². The molecule has 0 N–H and O–H groups in total. The largest absolute Gasteiger partial charge is 0.342 e. The maximum absolute atomic E-state index is 12.0. The monoisotopic (exact) mass is 265 g/mol. The van der Waals surface area contributed by atoms with Crippen LogP contribution in [0.2, 0.25) is 0 Å². The van der Waals surface area contributed by atoms with Crippen molar-refractivity contribution in [1.82, 2.24) is 4.90 Å². The Morgan fingerprint density at radius 3 is 2.28 bits per heavy atom. The molecule has 0 aromatic heterocycles. The van der Waals surface area contributed by atoms with E-state index in [0.717, 1.165) is 31.7 Å². The molecule has 0 unspecified atom stereocenters. The molecule has 0 aliphatic rings. The number of benzene rings is 1. The minimum absolute atomic E-state index is 0.277. The van der Waals surface area contributed by atoms with Crippen molar-refractivity contribution >= 4 is 17.7 Å². The lowest BCUT2D eigenvalue weighted by Crippen LogP contribution is -2.33. The smallest absolute Gasteiger partial charge is 0.232 e. The number of amides is 1. The molecule has 0 spiro atoms. The van der Waals surface area contributed by atoms with E-state index < -0.39 is 0 Å². The third kappa shape index (κ3) is 5.58. The zero-order valence-corrected chi connectivity index (χ0v) is 12.2. The summed E-state index contributed by atoms with van der Waals surface area (Å²) in [7, 11) is 0. The van der Waals surface area contributed by atoms with Crippen LogP contribution in [-0.2, 0) is 10.5 Å². The van der Waals surface area contributed by atoms with Crippen LogP contribution < -0.4 is 0 Å². The van der Waals surface area contributed by atoms with Gasteiger partial charge in [-0.3, -0.25) is 4.79 Å². The van der Waals surface area contributed by atoms with E-state index in [1.165, 1.54) is 5.56 Å². The first-order valence-electron chi connectivity index (χ1n) is 6.67. The number of carbonyl (C=O) groups excluding carboxylic acids is 1. The summed E-state index contributed by atoms with van der Waals surface area (Å²) in [4.78, 5) is 14.0. The van der Waals surface area contributed by atoms with E-state index in [2.05, 4.69) is 26.0 Å². The molecule has 1 aromatic rings. The van der Waals surface area contributed by atoms with E-state index in [4.69, 9.17) is 0 Å². The second-order valence-corrected chi connectivity index (χ2v) is 5.34. The lowest BCUT2D eigenvalue weighted by atomic mass is 10.2. The Kier molecular flexibility index (Phi) is 7.58. The van der Waals surface area contributed by atoms with Gasteiger partial charge in [0.1, 0.15) is 0 Å². The van der Waals surface area contributed by atoms with Crippen molar-refractivity contribution in [2.75, 3.05) is 18.8 Å². The molecular weight excluding hydrogens is 242 g/mol. The second-order valence-electron chi connectivity index (χ2n) is 4.36. The Bertz CT molecular complexity index is 334. The van der Waals surface area contributed by atoms with Gasteiger partial charge in [-0.2, -0.15) is 0 Å². The van der Waals surface area contributed by atoms with Crippen LogP contribution in [0.25, 0.3) is 0 Å². The third-order valence-corrected chi connectivity index (χ3v) is 3.67. The maximum Gasteiger partial charge on any atom is 0.232 e. The number of thioether (sulfide) groups is 1. The number of hydrogen-bond donors (Lipinski definition) is 0. The van der Waals surface area contributed by atoms with Crippen molar-refractivity contribution in [3.8, 4) is 0 Å². The van der Waals surface area contributed by atoms with Gasteiger partial charge in [-0.1, -0.05) is 44.2 Å². The molecule has 0 saturated heterocycles. The van der Waals surface area contributed by atoms with Crippen molar-refractivity contribution in [3.05, 3.63) is 35.9 Å². The van der Waals surface area contributed by atoms with E-state index in [1.807, 2.05) is 23.1 Å². The van der Waals surface area contributed by atoms with Crippen LogP contribution >= 0.6 is 11.8 Å². The van der Waals surface area contributed by atoms with Crippen molar-refractivity contribution in [2.45, 2.75) is 32.4 Å². The van der Waals surface area contributed by atoms with Crippen molar-refractivity contribution in [3.63, 3.8) is 0 Å². The summed E-state index contributed by atoms with van der Waals surface area (Å²) in [5, 5.41) is 0. The van der Waals surface area contributed by atoms with Crippen LogP contribution in [0.15, 0.2) is 30.3 Å². The molecule has 0 radical (unpaired) electrons. The molecule has 1 amide bonds. The van der Waals surface area contributed by atoms with Crippen LogP contribution in [0, 0.1) is 0 Å². The zero-order valence-electron chi connectivity index (χ0n) is 11.4. The third-order valence-electron chi connectivity index (χ3n) is 2.68. The Morgan fingerprint density at radius 2 is 1.72 bits per heavy atom. The van der Waals surface area contributed by atoms with E-state index in [1.54, 1.807) is 11.8 Å². The fourth-order valence-electron chi connectivity index (χ4n) is 1.82. The van der Waals surface area contributed by atoms with Crippen LogP contribution in [0.3, 0.4) is 0 Å². The molecule has 0 fully saturated rings. The number of nitrogens with zero attached hydrogens (tertiary/aromatic N) is 1. The molecule has 100 valence electrons. The van der Waals surface area contributed by atoms with Gasteiger partial charge in [0.2, 0.25) is 5.91 Å². The lowest BCUT2D eigenvalue weighted by Gasteiger charge is -2.21. The van der Waals surface area contributed by atoms with Gasteiger partial charge >= 0.3 is 0 Å². The predicted molar refractivity (Wildman–Crippen MR) is 79.8 cm³/mol.